The molecule has 0 bridgehead atoms. The third-order valence-electron chi connectivity index (χ3n) is 3.99. The van der Waals surface area contributed by atoms with Gasteiger partial charge in [0.1, 0.15) is 0 Å². The summed E-state index contributed by atoms with van der Waals surface area (Å²) in [6.07, 6.45) is 2.37. The number of piperazine rings is 1. The van der Waals surface area contributed by atoms with Crippen molar-refractivity contribution in [2.24, 2.45) is 0 Å². The van der Waals surface area contributed by atoms with Gasteiger partial charge in [-0.3, -0.25) is 0 Å². The van der Waals surface area contributed by atoms with Crippen LogP contribution < -0.4 is 10.2 Å². The van der Waals surface area contributed by atoms with E-state index in [1.807, 2.05) is 0 Å². The molecule has 0 aromatic heterocycles. The second-order valence-corrected chi connectivity index (χ2v) is 5.05. The van der Waals surface area contributed by atoms with E-state index in [9.17, 15) is 0 Å². The minimum atomic E-state index is 0.632. The molecule has 1 fully saturated rings. The number of anilines is 1. The van der Waals surface area contributed by atoms with Crippen LogP contribution in [0.1, 0.15) is 25.0 Å². The summed E-state index contributed by atoms with van der Waals surface area (Å²) in [6, 6.07) is 8.13. The molecule has 2 aliphatic heterocycles. The Morgan fingerprint density at radius 1 is 1.38 bits per heavy atom. The van der Waals surface area contributed by atoms with Crippen molar-refractivity contribution in [3.8, 4) is 0 Å². The fourth-order valence-corrected chi connectivity index (χ4v) is 3.27. The molecule has 2 heteroatoms. The van der Waals surface area contributed by atoms with Crippen molar-refractivity contribution in [1.29, 1.82) is 0 Å². The zero-order chi connectivity index (χ0) is 11.1. The van der Waals surface area contributed by atoms with Crippen LogP contribution in [0.3, 0.4) is 0 Å². The van der Waals surface area contributed by atoms with Crippen LogP contribution in [-0.4, -0.2) is 25.2 Å². The molecule has 2 aliphatic rings. The maximum Gasteiger partial charge on any atom is 0.0459 e. The molecule has 0 unspecified atom stereocenters. The molecule has 1 aromatic carbocycles. The van der Waals surface area contributed by atoms with Crippen LogP contribution in [0.15, 0.2) is 18.2 Å². The van der Waals surface area contributed by atoms with Crippen LogP contribution in [-0.2, 0) is 12.8 Å². The van der Waals surface area contributed by atoms with Gasteiger partial charge in [-0.05, 0) is 30.9 Å². The first-order chi connectivity index (χ1) is 7.81. The van der Waals surface area contributed by atoms with Gasteiger partial charge in [-0.15, -0.1) is 0 Å². The Morgan fingerprint density at radius 2 is 2.25 bits per heavy atom. The topological polar surface area (TPSA) is 15.3 Å². The van der Waals surface area contributed by atoms with E-state index in [0.29, 0.717) is 12.1 Å². The molecule has 0 saturated carbocycles. The third-order valence-corrected chi connectivity index (χ3v) is 3.99. The predicted octanol–water partition coefficient (Wildman–Crippen LogP) is 1.97. The zero-order valence-corrected chi connectivity index (χ0v) is 10.2. The average Bonchev–Trinajstić information content (AvgIpc) is 2.68. The first kappa shape index (κ1) is 10.2. The van der Waals surface area contributed by atoms with Gasteiger partial charge in [0.25, 0.3) is 0 Å². The summed E-state index contributed by atoms with van der Waals surface area (Å²) < 4.78 is 0. The number of nitrogens with one attached hydrogen (secondary N) is 1. The molecule has 1 saturated heterocycles. The molecule has 16 heavy (non-hydrogen) atoms. The monoisotopic (exact) mass is 216 g/mol. The molecule has 0 radical (unpaired) electrons. The first-order valence-electron chi connectivity index (χ1n) is 6.41. The van der Waals surface area contributed by atoms with E-state index in [4.69, 9.17) is 0 Å². The van der Waals surface area contributed by atoms with E-state index in [-0.39, 0.29) is 0 Å². The normalized spacial score (nSPS) is 27.8. The van der Waals surface area contributed by atoms with Crippen LogP contribution >= 0.6 is 0 Å². The van der Waals surface area contributed by atoms with Crippen molar-refractivity contribution < 1.29 is 0 Å². The number of benzene rings is 1. The number of rotatable bonds is 1. The van der Waals surface area contributed by atoms with Gasteiger partial charge >= 0.3 is 0 Å². The lowest BCUT2D eigenvalue weighted by molar-refractivity contribution is 0.429. The summed E-state index contributed by atoms with van der Waals surface area (Å²) in [4.78, 5) is 2.66. The number of para-hydroxylation sites is 1. The van der Waals surface area contributed by atoms with Gasteiger partial charge in [0, 0.05) is 30.9 Å². The van der Waals surface area contributed by atoms with Gasteiger partial charge in [0.05, 0.1) is 0 Å². The summed E-state index contributed by atoms with van der Waals surface area (Å²) in [5, 5.41) is 3.54. The molecule has 2 atom stereocenters. The van der Waals surface area contributed by atoms with Crippen molar-refractivity contribution >= 4 is 5.69 Å². The van der Waals surface area contributed by atoms with Crippen LogP contribution in [0.2, 0.25) is 0 Å². The van der Waals surface area contributed by atoms with E-state index >= 15 is 0 Å². The molecular formula is C14H20N2. The van der Waals surface area contributed by atoms with Crippen molar-refractivity contribution in [3.05, 3.63) is 29.3 Å². The van der Waals surface area contributed by atoms with E-state index in [1.54, 1.807) is 11.3 Å². The second-order valence-electron chi connectivity index (χ2n) is 5.05. The van der Waals surface area contributed by atoms with Crippen LogP contribution in [0, 0.1) is 0 Å². The summed E-state index contributed by atoms with van der Waals surface area (Å²) in [6.45, 7) is 6.85. The lowest BCUT2D eigenvalue weighted by Gasteiger charge is -2.39. The Hall–Kier alpha value is -1.02. The summed E-state index contributed by atoms with van der Waals surface area (Å²) in [5.74, 6) is 0. The number of aryl methyl sites for hydroxylation is 1. The van der Waals surface area contributed by atoms with E-state index < -0.39 is 0 Å². The molecule has 0 amide bonds. The van der Waals surface area contributed by atoms with Crippen molar-refractivity contribution in [2.75, 3.05) is 18.0 Å². The smallest absolute Gasteiger partial charge is 0.0459 e. The van der Waals surface area contributed by atoms with E-state index in [2.05, 4.69) is 42.3 Å². The minimum absolute atomic E-state index is 0.632. The lowest BCUT2D eigenvalue weighted by atomic mass is 10.0. The van der Waals surface area contributed by atoms with E-state index in [1.165, 1.54) is 12.0 Å². The van der Waals surface area contributed by atoms with Crippen molar-refractivity contribution in [2.45, 2.75) is 38.8 Å². The highest BCUT2D eigenvalue weighted by Crippen LogP contribution is 2.37. The van der Waals surface area contributed by atoms with Crippen LogP contribution in [0.25, 0.3) is 0 Å². The predicted molar refractivity (Wildman–Crippen MR) is 68.1 cm³/mol. The molecule has 0 spiro atoms. The van der Waals surface area contributed by atoms with Gasteiger partial charge in [-0.1, -0.05) is 25.1 Å². The number of nitrogens with zero attached hydrogens (tertiary/aromatic N) is 1. The van der Waals surface area contributed by atoms with Crippen LogP contribution in [0.4, 0.5) is 5.69 Å². The average molecular weight is 216 g/mol. The molecular weight excluding hydrogens is 196 g/mol. The van der Waals surface area contributed by atoms with Crippen molar-refractivity contribution in [3.63, 3.8) is 0 Å². The van der Waals surface area contributed by atoms with E-state index in [0.717, 1.165) is 19.5 Å². The first-order valence-corrected chi connectivity index (χ1v) is 6.41. The molecule has 1 aromatic rings. The highest BCUT2D eigenvalue weighted by Gasteiger charge is 2.35. The Balaban J connectivity index is 2.07. The summed E-state index contributed by atoms with van der Waals surface area (Å²) >= 11 is 0. The van der Waals surface area contributed by atoms with Crippen molar-refractivity contribution in [1.82, 2.24) is 5.32 Å². The number of hydrogen-bond acceptors (Lipinski definition) is 2. The summed E-state index contributed by atoms with van der Waals surface area (Å²) in [7, 11) is 0. The maximum atomic E-state index is 3.54. The fraction of sp³-hybridized carbons (Fsp3) is 0.571. The maximum absolute atomic E-state index is 3.54. The molecule has 2 heterocycles. The molecule has 86 valence electrons. The van der Waals surface area contributed by atoms with Crippen LogP contribution in [0.5, 0.6) is 0 Å². The fourth-order valence-electron chi connectivity index (χ4n) is 3.27. The van der Waals surface area contributed by atoms with Gasteiger partial charge in [0.2, 0.25) is 0 Å². The Kier molecular flexibility index (Phi) is 2.40. The summed E-state index contributed by atoms with van der Waals surface area (Å²) in [5.41, 5.74) is 4.62. The third kappa shape index (κ3) is 1.36. The minimum Gasteiger partial charge on any atom is -0.363 e. The lowest BCUT2D eigenvalue weighted by Crippen LogP contribution is -2.55. The standard InChI is InChI=1S/C14H20N2/c1-3-11-5-4-6-12-7-13-9-15-8-10(2)16(13)14(11)12/h4-6,10,13,15H,3,7-9H2,1-2H3/t10-,13+/m1/s1. The van der Waals surface area contributed by atoms with Gasteiger partial charge in [-0.2, -0.15) is 0 Å². The highest BCUT2D eigenvalue weighted by molar-refractivity contribution is 5.65. The number of fused-ring (bicyclic) bond motifs is 3. The second kappa shape index (κ2) is 3.77. The quantitative estimate of drug-likeness (QED) is 0.772. The SMILES string of the molecule is CCc1cccc2c1N1[C@H](CNC[C@H]1C)C2. The Morgan fingerprint density at radius 3 is 3.06 bits per heavy atom. The van der Waals surface area contributed by atoms with Gasteiger partial charge in [-0.25, -0.2) is 0 Å². The molecule has 1 N–H and O–H groups in total. The Labute approximate surface area is 97.6 Å². The molecule has 2 nitrogen and oxygen atoms in total. The molecule has 0 aliphatic carbocycles. The van der Waals surface area contributed by atoms with Gasteiger partial charge in [0.15, 0.2) is 0 Å². The highest BCUT2D eigenvalue weighted by atomic mass is 15.3. The van der Waals surface area contributed by atoms with Gasteiger partial charge < -0.3 is 10.2 Å². The largest absolute Gasteiger partial charge is 0.363 e. The zero-order valence-electron chi connectivity index (χ0n) is 10.2. The Bertz CT molecular complexity index is 400. The molecule has 3 rings (SSSR count). The number of hydrogen-bond donors (Lipinski definition) is 1.